The summed E-state index contributed by atoms with van der Waals surface area (Å²) in [7, 11) is 0. The van der Waals surface area contributed by atoms with Crippen LogP contribution in [0.2, 0.25) is 0 Å². The number of ether oxygens (including phenoxy) is 1. The highest BCUT2D eigenvalue weighted by Gasteiger charge is 2.18. The average molecular weight is 205 g/mol. The molecule has 0 spiro atoms. The Labute approximate surface area is 91.4 Å². The van der Waals surface area contributed by atoms with E-state index in [1.165, 1.54) is 17.5 Å². The van der Waals surface area contributed by atoms with Crippen molar-refractivity contribution in [3.63, 3.8) is 0 Å². The van der Waals surface area contributed by atoms with E-state index in [-0.39, 0.29) is 6.04 Å². The Kier molecular flexibility index (Phi) is 3.27. The Morgan fingerprint density at radius 3 is 3.13 bits per heavy atom. The molecule has 0 aromatic heterocycles. The van der Waals surface area contributed by atoms with Crippen LogP contribution >= 0.6 is 0 Å². The highest BCUT2D eigenvalue weighted by molar-refractivity contribution is 5.40. The Balaban J connectivity index is 2.03. The second-order valence-electron chi connectivity index (χ2n) is 4.21. The van der Waals surface area contributed by atoms with Gasteiger partial charge < -0.3 is 10.5 Å². The van der Waals surface area contributed by atoms with Crippen LogP contribution in [0, 0.1) is 0 Å². The molecule has 1 aliphatic carbocycles. The minimum Gasteiger partial charge on any atom is -0.494 e. The van der Waals surface area contributed by atoms with Gasteiger partial charge in [-0.15, -0.1) is 0 Å². The third-order valence-electron chi connectivity index (χ3n) is 3.01. The molecule has 0 unspecified atom stereocenters. The molecule has 0 radical (unpaired) electrons. The quantitative estimate of drug-likeness (QED) is 0.767. The molecule has 1 aliphatic rings. The van der Waals surface area contributed by atoms with Crippen molar-refractivity contribution in [2.24, 2.45) is 5.73 Å². The predicted molar refractivity (Wildman–Crippen MR) is 62.1 cm³/mol. The fourth-order valence-corrected chi connectivity index (χ4v) is 2.05. The maximum atomic E-state index is 5.98. The normalized spacial score (nSPS) is 18.9. The number of rotatable bonds is 4. The van der Waals surface area contributed by atoms with Gasteiger partial charge in [0.2, 0.25) is 0 Å². The first kappa shape index (κ1) is 10.5. The molecule has 15 heavy (non-hydrogen) atoms. The number of hydrogen-bond donors (Lipinski definition) is 1. The van der Waals surface area contributed by atoms with Gasteiger partial charge in [0.05, 0.1) is 6.61 Å². The summed E-state index contributed by atoms with van der Waals surface area (Å²) < 4.78 is 5.67. The number of aryl methyl sites for hydroxylation is 1. The molecular weight excluding hydrogens is 186 g/mol. The molecule has 0 amide bonds. The number of nitrogens with two attached hydrogens (primary N) is 1. The first-order valence-corrected chi connectivity index (χ1v) is 5.82. The highest BCUT2D eigenvalue weighted by atomic mass is 16.5. The molecule has 2 N–H and O–H groups in total. The standard InChI is InChI=1S/C13H19NO/c1-2-3-8-15-11-5-6-12-10(9-11)4-7-13(12)14/h5-6,9,13H,2-4,7-8,14H2,1H3/t13-/m0/s1. The van der Waals surface area contributed by atoms with Crippen molar-refractivity contribution >= 4 is 0 Å². The van der Waals surface area contributed by atoms with Gasteiger partial charge in [-0.1, -0.05) is 19.4 Å². The van der Waals surface area contributed by atoms with Crippen molar-refractivity contribution < 1.29 is 4.74 Å². The van der Waals surface area contributed by atoms with E-state index >= 15 is 0 Å². The zero-order valence-corrected chi connectivity index (χ0v) is 9.33. The minimum absolute atomic E-state index is 0.240. The molecule has 0 saturated carbocycles. The number of unbranched alkanes of at least 4 members (excludes halogenated alkanes) is 1. The summed E-state index contributed by atoms with van der Waals surface area (Å²) in [6, 6.07) is 6.55. The summed E-state index contributed by atoms with van der Waals surface area (Å²) >= 11 is 0. The second kappa shape index (κ2) is 4.67. The van der Waals surface area contributed by atoms with Gasteiger partial charge in [0.1, 0.15) is 5.75 Å². The third-order valence-corrected chi connectivity index (χ3v) is 3.01. The zero-order valence-electron chi connectivity index (χ0n) is 9.33. The topological polar surface area (TPSA) is 35.2 Å². The molecule has 2 rings (SSSR count). The van der Waals surface area contributed by atoms with E-state index in [4.69, 9.17) is 10.5 Å². The number of benzene rings is 1. The molecule has 1 atom stereocenters. The molecule has 0 aliphatic heterocycles. The molecule has 0 saturated heterocycles. The summed E-state index contributed by atoms with van der Waals surface area (Å²) in [5, 5.41) is 0. The van der Waals surface area contributed by atoms with Gasteiger partial charge in [-0.3, -0.25) is 0 Å². The van der Waals surface area contributed by atoms with E-state index in [0.29, 0.717) is 0 Å². The largest absolute Gasteiger partial charge is 0.494 e. The first-order valence-electron chi connectivity index (χ1n) is 5.82. The van der Waals surface area contributed by atoms with Crippen molar-refractivity contribution in [1.29, 1.82) is 0 Å². The van der Waals surface area contributed by atoms with Crippen molar-refractivity contribution in [3.05, 3.63) is 29.3 Å². The van der Waals surface area contributed by atoms with Gasteiger partial charge in [-0.05, 0) is 42.5 Å². The van der Waals surface area contributed by atoms with Gasteiger partial charge in [-0.25, -0.2) is 0 Å². The van der Waals surface area contributed by atoms with E-state index in [2.05, 4.69) is 19.1 Å². The van der Waals surface area contributed by atoms with Crippen LogP contribution in [0.1, 0.15) is 43.4 Å². The summed E-state index contributed by atoms with van der Waals surface area (Å²) in [6.07, 6.45) is 4.47. The van der Waals surface area contributed by atoms with Crippen LogP contribution in [0.5, 0.6) is 5.75 Å². The first-order chi connectivity index (χ1) is 7.31. The Morgan fingerprint density at radius 1 is 1.47 bits per heavy atom. The molecule has 1 aromatic rings. The summed E-state index contributed by atoms with van der Waals surface area (Å²) in [5.74, 6) is 0.997. The van der Waals surface area contributed by atoms with Crippen LogP contribution in [0.3, 0.4) is 0 Å². The van der Waals surface area contributed by atoms with Gasteiger partial charge in [-0.2, -0.15) is 0 Å². The van der Waals surface area contributed by atoms with E-state index in [1.54, 1.807) is 0 Å². The lowest BCUT2D eigenvalue weighted by molar-refractivity contribution is 0.309. The van der Waals surface area contributed by atoms with Crippen LogP contribution in [0.15, 0.2) is 18.2 Å². The van der Waals surface area contributed by atoms with E-state index in [9.17, 15) is 0 Å². The molecular formula is C13H19NO. The molecule has 1 aromatic carbocycles. The van der Waals surface area contributed by atoms with E-state index < -0.39 is 0 Å². The summed E-state index contributed by atoms with van der Waals surface area (Å²) in [4.78, 5) is 0. The lowest BCUT2D eigenvalue weighted by Crippen LogP contribution is -2.05. The van der Waals surface area contributed by atoms with Gasteiger partial charge in [0, 0.05) is 6.04 Å². The number of fused-ring (bicyclic) bond motifs is 1. The van der Waals surface area contributed by atoms with E-state index in [1.807, 2.05) is 6.07 Å². The average Bonchev–Trinajstić information content (AvgIpc) is 2.61. The van der Waals surface area contributed by atoms with Crippen molar-refractivity contribution in [1.82, 2.24) is 0 Å². The Morgan fingerprint density at radius 2 is 2.33 bits per heavy atom. The van der Waals surface area contributed by atoms with Crippen LogP contribution in [-0.2, 0) is 6.42 Å². The van der Waals surface area contributed by atoms with Crippen LogP contribution < -0.4 is 10.5 Å². The monoisotopic (exact) mass is 205 g/mol. The second-order valence-corrected chi connectivity index (χ2v) is 4.21. The van der Waals surface area contributed by atoms with Gasteiger partial charge >= 0.3 is 0 Å². The minimum atomic E-state index is 0.240. The molecule has 0 fully saturated rings. The zero-order chi connectivity index (χ0) is 10.7. The molecule has 2 nitrogen and oxygen atoms in total. The summed E-state index contributed by atoms with van der Waals surface area (Å²) in [5.41, 5.74) is 8.65. The van der Waals surface area contributed by atoms with Crippen molar-refractivity contribution in [2.75, 3.05) is 6.61 Å². The maximum Gasteiger partial charge on any atom is 0.119 e. The molecule has 0 heterocycles. The van der Waals surface area contributed by atoms with Crippen molar-refractivity contribution in [3.8, 4) is 5.75 Å². The Hall–Kier alpha value is -1.02. The maximum absolute atomic E-state index is 5.98. The fourth-order valence-electron chi connectivity index (χ4n) is 2.05. The lowest BCUT2D eigenvalue weighted by atomic mass is 10.1. The molecule has 2 heteroatoms. The van der Waals surface area contributed by atoms with Crippen LogP contribution in [0.25, 0.3) is 0 Å². The SMILES string of the molecule is CCCCOc1ccc2c(c1)CC[C@@H]2N. The molecule has 82 valence electrons. The lowest BCUT2D eigenvalue weighted by Gasteiger charge is -2.08. The predicted octanol–water partition coefficient (Wildman–Crippen LogP) is 2.81. The van der Waals surface area contributed by atoms with Gasteiger partial charge in [0.25, 0.3) is 0 Å². The smallest absolute Gasteiger partial charge is 0.119 e. The van der Waals surface area contributed by atoms with Crippen LogP contribution in [0.4, 0.5) is 0 Å². The third kappa shape index (κ3) is 2.32. The Bertz CT molecular complexity index is 335. The molecule has 0 bridgehead atoms. The van der Waals surface area contributed by atoms with E-state index in [0.717, 1.165) is 31.6 Å². The van der Waals surface area contributed by atoms with Gasteiger partial charge in [0.15, 0.2) is 0 Å². The van der Waals surface area contributed by atoms with Crippen molar-refractivity contribution in [2.45, 2.75) is 38.6 Å². The fraction of sp³-hybridized carbons (Fsp3) is 0.538. The highest BCUT2D eigenvalue weighted by Crippen LogP contribution is 2.31. The summed E-state index contributed by atoms with van der Waals surface area (Å²) in [6.45, 7) is 2.99. The number of hydrogen-bond acceptors (Lipinski definition) is 2. The van der Waals surface area contributed by atoms with Crippen LogP contribution in [-0.4, -0.2) is 6.61 Å².